The first-order chi connectivity index (χ1) is 17.9. The van der Waals surface area contributed by atoms with Crippen LogP contribution >= 0.6 is 0 Å². The molecular weight excluding hydrogens is 493 g/mol. The average molecular weight is 534 g/mol. The number of allylic oxidation sites excluding steroid dienone is 3. The van der Waals surface area contributed by atoms with Gasteiger partial charge >= 0.3 is 12.1 Å². The standard InChI is InChI=1S/C28H40FN3O6/c1-28(2,3)30-24(33)13-20(17-8-5-4-6-9-17)25(34)32-15-19(12-23(32)26(35)36)38-27(37)31-14-18-10-7-11-22(29)21(18)16-31/h7,11,17-20,23H,4-6,8-10,12-16H2,1-3H3,(H,30,33)(H,35,36)/t18?,19?,20?,23-/m0/s1. The van der Waals surface area contributed by atoms with Crippen molar-refractivity contribution in [2.45, 2.75) is 89.8 Å². The third-order valence-electron chi connectivity index (χ3n) is 8.10. The Labute approximate surface area is 223 Å². The van der Waals surface area contributed by atoms with Gasteiger partial charge in [-0.3, -0.25) is 9.59 Å². The van der Waals surface area contributed by atoms with Crippen molar-refractivity contribution < 1.29 is 33.4 Å². The highest BCUT2D eigenvalue weighted by Gasteiger charge is 2.46. The van der Waals surface area contributed by atoms with E-state index in [9.17, 15) is 28.7 Å². The van der Waals surface area contributed by atoms with Crippen LogP contribution in [0, 0.1) is 17.8 Å². The fourth-order valence-electron chi connectivity index (χ4n) is 6.30. The molecule has 0 bridgehead atoms. The molecule has 9 nitrogen and oxygen atoms in total. The van der Waals surface area contributed by atoms with Gasteiger partial charge in [0.25, 0.3) is 0 Å². The Bertz CT molecular complexity index is 1010. The molecule has 0 radical (unpaired) electrons. The maximum absolute atomic E-state index is 14.1. The van der Waals surface area contributed by atoms with Gasteiger partial charge in [0.2, 0.25) is 11.8 Å². The van der Waals surface area contributed by atoms with Gasteiger partial charge in [0, 0.05) is 43.3 Å². The molecule has 1 saturated carbocycles. The van der Waals surface area contributed by atoms with Gasteiger partial charge in [-0.05, 0) is 57.6 Å². The van der Waals surface area contributed by atoms with Crippen LogP contribution in [0.1, 0.15) is 72.1 Å². The van der Waals surface area contributed by atoms with Gasteiger partial charge in [0.1, 0.15) is 18.0 Å². The summed E-state index contributed by atoms with van der Waals surface area (Å²) in [4.78, 5) is 54.4. The zero-order chi connectivity index (χ0) is 27.6. The zero-order valence-electron chi connectivity index (χ0n) is 22.6. The van der Waals surface area contributed by atoms with Crippen molar-refractivity contribution in [2.75, 3.05) is 19.6 Å². The van der Waals surface area contributed by atoms with Crippen LogP contribution in [0.5, 0.6) is 0 Å². The van der Waals surface area contributed by atoms with Crippen LogP contribution in [0.2, 0.25) is 0 Å². The molecule has 0 aromatic heterocycles. The molecule has 2 aliphatic carbocycles. The highest BCUT2D eigenvalue weighted by Crippen LogP contribution is 2.36. The molecule has 10 heteroatoms. The Morgan fingerprint density at radius 3 is 2.50 bits per heavy atom. The van der Waals surface area contributed by atoms with Crippen LogP contribution in [0.15, 0.2) is 23.6 Å². The van der Waals surface area contributed by atoms with E-state index in [2.05, 4.69) is 5.32 Å². The second kappa shape index (κ2) is 11.5. The molecule has 4 atom stereocenters. The number of amides is 3. The predicted octanol–water partition coefficient (Wildman–Crippen LogP) is 3.79. The minimum atomic E-state index is -1.16. The Morgan fingerprint density at radius 2 is 1.87 bits per heavy atom. The molecule has 2 saturated heterocycles. The number of carboxylic acids is 1. The van der Waals surface area contributed by atoms with Crippen molar-refractivity contribution >= 4 is 23.9 Å². The largest absolute Gasteiger partial charge is 0.480 e. The maximum atomic E-state index is 14.1. The van der Waals surface area contributed by atoms with Gasteiger partial charge in [0.05, 0.1) is 6.54 Å². The first-order valence-corrected chi connectivity index (χ1v) is 13.8. The first kappa shape index (κ1) is 28.1. The fourth-order valence-corrected chi connectivity index (χ4v) is 6.30. The van der Waals surface area contributed by atoms with E-state index in [0.717, 1.165) is 32.1 Å². The number of nitrogens with one attached hydrogen (secondary N) is 1. The Balaban J connectivity index is 1.44. The van der Waals surface area contributed by atoms with Gasteiger partial charge in [-0.15, -0.1) is 0 Å². The minimum absolute atomic E-state index is 0.00204. The summed E-state index contributed by atoms with van der Waals surface area (Å²) in [7, 11) is 0. The summed E-state index contributed by atoms with van der Waals surface area (Å²) in [5, 5.41) is 12.8. The smallest absolute Gasteiger partial charge is 0.410 e. The Hall–Kier alpha value is -2.91. The fraction of sp³-hybridized carbons (Fsp3) is 0.714. The van der Waals surface area contributed by atoms with Crippen molar-refractivity contribution in [2.24, 2.45) is 17.8 Å². The van der Waals surface area contributed by atoms with E-state index in [1.165, 1.54) is 15.9 Å². The number of carbonyl (C=O) groups excluding carboxylic acids is 3. The number of likely N-dealkylation sites (tertiary alicyclic amines) is 2. The lowest BCUT2D eigenvalue weighted by atomic mass is 9.77. The average Bonchev–Trinajstić information content (AvgIpc) is 3.47. The van der Waals surface area contributed by atoms with Gasteiger partial charge in [-0.2, -0.15) is 0 Å². The van der Waals surface area contributed by atoms with Gasteiger partial charge in [-0.25, -0.2) is 14.0 Å². The van der Waals surface area contributed by atoms with E-state index in [1.54, 1.807) is 6.08 Å². The van der Waals surface area contributed by atoms with Crippen LogP contribution in [-0.2, 0) is 19.1 Å². The van der Waals surface area contributed by atoms with E-state index in [0.29, 0.717) is 18.5 Å². The SMILES string of the molecule is CC(C)(C)NC(=O)CC(C(=O)N1CC(OC(=O)N2CC3=C(F)C=CCC3C2)C[C@H]1C(=O)O)C1CCCCC1. The summed E-state index contributed by atoms with van der Waals surface area (Å²) in [6.45, 7) is 6.07. The monoisotopic (exact) mass is 533 g/mol. The van der Waals surface area contributed by atoms with Gasteiger partial charge in [-0.1, -0.05) is 25.3 Å². The van der Waals surface area contributed by atoms with Gasteiger partial charge in [0.15, 0.2) is 0 Å². The second-order valence-corrected chi connectivity index (χ2v) is 12.2. The Kier molecular flexibility index (Phi) is 8.47. The summed E-state index contributed by atoms with van der Waals surface area (Å²) in [6, 6.07) is -1.14. The van der Waals surface area contributed by atoms with Crippen molar-refractivity contribution in [3.8, 4) is 0 Å². The first-order valence-electron chi connectivity index (χ1n) is 13.8. The molecule has 2 heterocycles. The van der Waals surface area contributed by atoms with E-state index < -0.39 is 35.7 Å². The number of carbonyl (C=O) groups is 4. The van der Waals surface area contributed by atoms with E-state index in [4.69, 9.17) is 4.74 Å². The van der Waals surface area contributed by atoms with Crippen LogP contribution < -0.4 is 5.32 Å². The molecule has 4 rings (SSSR count). The molecule has 3 unspecified atom stereocenters. The van der Waals surface area contributed by atoms with Crippen molar-refractivity contribution in [1.82, 2.24) is 15.1 Å². The van der Waals surface area contributed by atoms with Crippen molar-refractivity contribution in [1.29, 1.82) is 0 Å². The highest BCUT2D eigenvalue weighted by molar-refractivity contribution is 5.89. The van der Waals surface area contributed by atoms with Crippen molar-refractivity contribution in [3.63, 3.8) is 0 Å². The number of halogens is 1. The molecule has 210 valence electrons. The minimum Gasteiger partial charge on any atom is -0.480 e. The number of aliphatic carboxylic acids is 1. The van der Waals surface area contributed by atoms with Gasteiger partial charge < -0.3 is 25.0 Å². The summed E-state index contributed by atoms with van der Waals surface area (Å²) in [5.74, 6) is -2.77. The zero-order valence-corrected chi connectivity index (χ0v) is 22.6. The summed E-state index contributed by atoms with van der Waals surface area (Å²) < 4.78 is 19.8. The lowest BCUT2D eigenvalue weighted by Crippen LogP contribution is -2.48. The molecule has 0 spiro atoms. The molecule has 0 aromatic carbocycles. The lowest BCUT2D eigenvalue weighted by Gasteiger charge is -2.34. The number of carboxylic acid groups (broad SMARTS) is 1. The second-order valence-electron chi connectivity index (χ2n) is 12.2. The maximum Gasteiger partial charge on any atom is 0.410 e. The van der Waals surface area contributed by atoms with Crippen LogP contribution in [0.25, 0.3) is 0 Å². The third kappa shape index (κ3) is 6.56. The molecule has 2 N–H and O–H groups in total. The van der Waals surface area contributed by atoms with E-state index in [1.807, 2.05) is 20.8 Å². The third-order valence-corrected chi connectivity index (χ3v) is 8.10. The molecular formula is C28H40FN3O6. The quantitative estimate of drug-likeness (QED) is 0.537. The van der Waals surface area contributed by atoms with Crippen molar-refractivity contribution in [3.05, 3.63) is 23.6 Å². The topological polar surface area (TPSA) is 116 Å². The lowest BCUT2D eigenvalue weighted by molar-refractivity contribution is -0.151. The molecule has 38 heavy (non-hydrogen) atoms. The number of hydrogen-bond donors (Lipinski definition) is 2. The summed E-state index contributed by atoms with van der Waals surface area (Å²) >= 11 is 0. The molecule has 4 aliphatic rings. The highest BCUT2D eigenvalue weighted by atomic mass is 19.1. The summed E-state index contributed by atoms with van der Waals surface area (Å²) in [6.07, 6.45) is 7.06. The summed E-state index contributed by atoms with van der Waals surface area (Å²) in [5.41, 5.74) is 0.135. The molecule has 2 aliphatic heterocycles. The van der Waals surface area contributed by atoms with Crippen LogP contribution in [-0.4, -0.2) is 76.1 Å². The number of fused-ring (bicyclic) bond motifs is 1. The van der Waals surface area contributed by atoms with E-state index in [-0.39, 0.29) is 55.4 Å². The van der Waals surface area contributed by atoms with Crippen LogP contribution in [0.4, 0.5) is 9.18 Å². The molecule has 3 fully saturated rings. The normalized spacial score (nSPS) is 26.8. The molecule has 0 aromatic rings. The number of rotatable bonds is 6. The number of nitrogens with zero attached hydrogens (tertiary/aromatic N) is 2. The van der Waals surface area contributed by atoms with E-state index >= 15 is 0 Å². The predicted molar refractivity (Wildman–Crippen MR) is 138 cm³/mol. The van der Waals surface area contributed by atoms with Crippen LogP contribution in [0.3, 0.4) is 0 Å². The Morgan fingerprint density at radius 1 is 1.16 bits per heavy atom. The molecule has 3 amide bonds. The number of ether oxygens (including phenoxy) is 1. The number of hydrogen-bond acceptors (Lipinski definition) is 5.